The molecule has 2 heterocycles. The molecule has 3 rings (SSSR count). The van der Waals surface area contributed by atoms with Gasteiger partial charge in [-0.25, -0.2) is 4.57 Å². The summed E-state index contributed by atoms with van der Waals surface area (Å²) in [6, 6.07) is 0. The highest BCUT2D eigenvalue weighted by molar-refractivity contribution is 7.47. The van der Waals surface area contributed by atoms with Crippen LogP contribution in [0.15, 0.2) is 0 Å². The first kappa shape index (κ1) is 112. The van der Waals surface area contributed by atoms with Crippen molar-refractivity contribution >= 4 is 31.7 Å². The quantitative estimate of drug-likeness (QED) is 0.0117. The minimum atomic E-state index is -5.81. The van der Waals surface area contributed by atoms with E-state index in [1.807, 2.05) is 0 Å². The molecule has 25 nitrogen and oxygen atoms in total. The largest absolute Gasteiger partial charge is 0.472 e. The number of carbonyl (C=O) groups is 4. The number of hydrogen-bond donors (Lipinski definition) is 10. The average molecular weight is 1740 g/mol. The Bertz CT molecular complexity index is 2520. The van der Waals surface area contributed by atoms with Gasteiger partial charge in [-0.15, -0.1) is 0 Å². The molecule has 120 heavy (non-hydrogen) atoms. The zero-order valence-corrected chi connectivity index (χ0v) is 76.9. The van der Waals surface area contributed by atoms with Crippen LogP contribution in [0.25, 0.3) is 0 Å². The van der Waals surface area contributed by atoms with Crippen molar-refractivity contribution in [2.45, 2.75) is 537 Å². The number of hydrogen-bond acceptors (Lipinski definition) is 24. The van der Waals surface area contributed by atoms with E-state index in [0.29, 0.717) is 43.9 Å². The van der Waals surface area contributed by atoms with E-state index in [1.165, 1.54) is 205 Å². The number of ether oxygens (including phenoxy) is 8. The lowest BCUT2D eigenvalue weighted by molar-refractivity contribution is -0.360. The molecule has 0 aromatic rings. The maximum Gasteiger partial charge on any atom is 0.472 e. The highest BCUT2D eigenvalue weighted by atomic mass is 31.2. The third-order valence-electron chi connectivity index (χ3n) is 24.7. The fraction of sp³-hybridized carbons (Fsp3) is 0.957. The minimum absolute atomic E-state index is 0.0194. The number of phosphoric ester groups is 1. The second kappa shape index (κ2) is 71.4. The van der Waals surface area contributed by atoms with E-state index < -0.39 is 162 Å². The lowest BCUT2D eigenvalue weighted by atomic mass is 9.84. The highest BCUT2D eigenvalue weighted by Crippen LogP contribution is 2.49. The van der Waals surface area contributed by atoms with Gasteiger partial charge in [0.2, 0.25) is 0 Å². The molecule has 0 radical (unpaired) electrons. The van der Waals surface area contributed by atoms with Crippen molar-refractivity contribution in [2.75, 3.05) is 26.4 Å². The molecule has 3 aliphatic rings. The Hall–Kier alpha value is -2.53. The minimum Gasteiger partial charge on any atom is -0.463 e. The molecule has 0 bridgehead atoms. The maximum absolute atomic E-state index is 14.9. The first-order chi connectivity index (χ1) is 58.0. The summed E-state index contributed by atoms with van der Waals surface area (Å²) in [6.07, 6.45) is 26.6. The Morgan fingerprint density at radius 2 is 0.625 bits per heavy atom. The van der Waals surface area contributed by atoms with Crippen molar-refractivity contribution in [3.05, 3.63) is 0 Å². The fourth-order valence-corrected chi connectivity index (χ4v) is 17.7. The smallest absolute Gasteiger partial charge is 0.463 e. The molecular formula is C94H177O25P. The molecule has 26 heteroatoms. The molecule has 708 valence electrons. The van der Waals surface area contributed by atoms with E-state index in [0.717, 1.165) is 128 Å². The Labute approximate surface area is 725 Å². The zero-order valence-electron chi connectivity index (χ0n) is 76.0. The van der Waals surface area contributed by atoms with Crippen LogP contribution in [0, 0.1) is 11.8 Å². The topological polar surface area (TPSA) is 380 Å². The summed E-state index contributed by atoms with van der Waals surface area (Å²) < 4.78 is 73.7. The van der Waals surface area contributed by atoms with Crippen LogP contribution in [0.2, 0.25) is 0 Å². The van der Waals surface area contributed by atoms with Crippen molar-refractivity contribution in [3.63, 3.8) is 0 Å². The number of aliphatic hydroxyl groups is 9. The first-order valence-electron chi connectivity index (χ1n) is 49.1. The van der Waals surface area contributed by atoms with Crippen molar-refractivity contribution in [1.82, 2.24) is 0 Å². The van der Waals surface area contributed by atoms with Crippen LogP contribution in [-0.2, 0) is 70.7 Å². The summed E-state index contributed by atoms with van der Waals surface area (Å²) >= 11 is 0. The summed E-state index contributed by atoms with van der Waals surface area (Å²) in [4.78, 5) is 66.7. The van der Waals surface area contributed by atoms with E-state index in [-0.39, 0.29) is 25.7 Å². The van der Waals surface area contributed by atoms with E-state index in [1.54, 1.807) is 0 Å². The Morgan fingerprint density at radius 1 is 0.325 bits per heavy atom. The summed E-state index contributed by atoms with van der Waals surface area (Å²) in [5, 5.41) is 103. The SMILES string of the molecule is CCCCCCCCCCCCCCCCCCC(=O)OCC1OC(OC2C(OC(=O)CCCCCCCCC(C)CCCCCCCC)C(O)C(O)C(OC3OC(CO)C(O)C(O)C3O)C2OP(=O)(O)OCC(COC(=O)CCCCCCCCCCCCCCC)OC(=O)CCCCCCCCC(C)CCCCCCCC)C(O)C(O)C1O. The van der Waals surface area contributed by atoms with E-state index >= 15 is 0 Å². The van der Waals surface area contributed by atoms with Crippen molar-refractivity contribution in [3.8, 4) is 0 Å². The zero-order chi connectivity index (χ0) is 87.8. The van der Waals surface area contributed by atoms with Gasteiger partial charge in [-0.2, -0.15) is 0 Å². The second-order valence-electron chi connectivity index (χ2n) is 35.9. The van der Waals surface area contributed by atoms with Crippen LogP contribution in [-0.4, -0.2) is 205 Å². The van der Waals surface area contributed by atoms with Gasteiger partial charge < -0.3 is 88.7 Å². The highest BCUT2D eigenvalue weighted by Gasteiger charge is 2.60. The number of phosphoric acid groups is 1. The molecule has 20 atom stereocenters. The summed E-state index contributed by atoms with van der Waals surface area (Å²) in [5.41, 5.74) is 0. The van der Waals surface area contributed by atoms with Gasteiger partial charge in [0.1, 0.15) is 92.6 Å². The molecule has 1 aliphatic carbocycles. The first-order valence-corrected chi connectivity index (χ1v) is 50.5. The van der Waals surface area contributed by atoms with E-state index in [4.69, 9.17) is 46.9 Å². The van der Waals surface area contributed by atoms with Gasteiger partial charge in [-0.3, -0.25) is 28.2 Å². The van der Waals surface area contributed by atoms with Gasteiger partial charge in [-0.05, 0) is 37.5 Å². The Kier molecular flexibility index (Phi) is 66.4. The van der Waals surface area contributed by atoms with Crippen LogP contribution in [0.5, 0.6) is 0 Å². The average Bonchev–Trinajstić information content (AvgIpc) is 0.753. The predicted molar refractivity (Wildman–Crippen MR) is 467 cm³/mol. The lowest BCUT2D eigenvalue weighted by Gasteiger charge is -2.50. The third kappa shape index (κ3) is 51.5. The van der Waals surface area contributed by atoms with Crippen LogP contribution >= 0.6 is 7.82 Å². The summed E-state index contributed by atoms with van der Waals surface area (Å²) in [5.74, 6) is -1.65. The maximum atomic E-state index is 14.9. The van der Waals surface area contributed by atoms with Crippen LogP contribution in [0.1, 0.15) is 433 Å². The number of rotatable bonds is 79. The molecule has 1 saturated carbocycles. The molecular weight excluding hydrogens is 1560 g/mol. The van der Waals surface area contributed by atoms with Gasteiger partial charge >= 0.3 is 31.7 Å². The Balaban J connectivity index is 1.92. The molecule has 10 N–H and O–H groups in total. The number of esters is 4. The standard InChI is InChI=1S/C94H177O25P/c1-7-11-15-19-23-25-27-29-30-31-33-35-37-39-49-57-65-78(97)111-71-76-82(101)84(103)88(107)94(115-76)118-91-89(116-80(99)67-59-51-43-41-47-55-63-73(6)61-53-45-22-18-14-10-4)85(104)86(105)90(117-93-87(106)83(102)81(100)75(68-95)114-93)92(91)119-120(108,109)112-70-74(69-110-77(96)64-56-48-38-36-34-32-28-26-24-20-16-12-8-2)113-79(98)66-58-50-42-40-46-54-62-72(5)60-52-44-21-17-13-9-3/h72-76,81-95,100-107H,7-71H2,1-6H3,(H,108,109). The predicted octanol–water partition coefficient (Wildman–Crippen LogP) is 18.7. The van der Waals surface area contributed by atoms with Gasteiger partial charge in [0, 0.05) is 25.7 Å². The Morgan fingerprint density at radius 3 is 0.992 bits per heavy atom. The van der Waals surface area contributed by atoms with Gasteiger partial charge in [0.15, 0.2) is 24.8 Å². The molecule has 0 aromatic heterocycles. The molecule has 3 fully saturated rings. The number of aliphatic hydroxyl groups excluding tert-OH is 9. The van der Waals surface area contributed by atoms with Crippen molar-refractivity contribution in [1.29, 1.82) is 0 Å². The molecule has 0 amide bonds. The summed E-state index contributed by atoms with van der Waals surface area (Å²) in [6.45, 7) is 10.3. The molecule has 0 spiro atoms. The van der Waals surface area contributed by atoms with Crippen LogP contribution in [0.4, 0.5) is 0 Å². The van der Waals surface area contributed by atoms with E-state index in [2.05, 4.69) is 41.5 Å². The normalized spacial score (nSPS) is 25.2. The van der Waals surface area contributed by atoms with Crippen LogP contribution in [0.3, 0.4) is 0 Å². The second-order valence-corrected chi connectivity index (χ2v) is 37.3. The third-order valence-corrected chi connectivity index (χ3v) is 25.6. The monoisotopic (exact) mass is 1740 g/mol. The lowest BCUT2D eigenvalue weighted by Crippen LogP contribution is -2.70. The van der Waals surface area contributed by atoms with E-state index in [9.17, 15) is 74.6 Å². The number of unbranched alkanes of at least 4 members (excludes halogenated alkanes) is 47. The molecule has 2 aliphatic heterocycles. The number of carbonyl (C=O) groups excluding carboxylic acids is 4. The molecule has 2 saturated heterocycles. The van der Waals surface area contributed by atoms with Gasteiger partial charge in [-0.1, -0.05) is 382 Å². The molecule has 0 aromatic carbocycles. The fourth-order valence-electron chi connectivity index (χ4n) is 16.7. The van der Waals surface area contributed by atoms with Crippen molar-refractivity contribution < 1.29 is 122 Å². The van der Waals surface area contributed by atoms with Crippen LogP contribution < -0.4 is 0 Å². The van der Waals surface area contributed by atoms with Crippen molar-refractivity contribution in [2.24, 2.45) is 11.8 Å². The van der Waals surface area contributed by atoms with Gasteiger partial charge in [0.05, 0.1) is 13.2 Å². The molecule has 20 unspecified atom stereocenters. The van der Waals surface area contributed by atoms with Gasteiger partial charge in [0.25, 0.3) is 0 Å². The summed E-state index contributed by atoms with van der Waals surface area (Å²) in [7, 11) is -5.81.